The molecule has 2 aliphatic rings. The number of rotatable bonds is 2. The topological polar surface area (TPSA) is 37.3 Å². The van der Waals surface area contributed by atoms with E-state index in [1.165, 1.54) is 5.57 Å². The van der Waals surface area contributed by atoms with Crippen molar-refractivity contribution in [2.45, 2.75) is 65.9 Å². The number of aliphatic hydroxyl groups is 1. The first kappa shape index (κ1) is 14.5. The molecule has 2 heteroatoms. The molecule has 0 bridgehead atoms. The van der Waals surface area contributed by atoms with Crippen LogP contribution in [0.15, 0.2) is 22.8 Å². The van der Waals surface area contributed by atoms with Gasteiger partial charge in [-0.25, -0.2) is 0 Å². The van der Waals surface area contributed by atoms with Gasteiger partial charge in [-0.3, -0.25) is 4.79 Å². The number of allylic oxidation sites excluding steroid dienone is 3. The molecular formula is C17H26O2. The molecule has 2 aliphatic carbocycles. The van der Waals surface area contributed by atoms with Crippen molar-refractivity contribution in [2.24, 2.45) is 11.3 Å². The fourth-order valence-corrected chi connectivity index (χ4v) is 3.57. The molecule has 1 saturated carbocycles. The lowest BCUT2D eigenvalue weighted by Crippen LogP contribution is -2.42. The van der Waals surface area contributed by atoms with Crippen molar-refractivity contribution in [3.05, 3.63) is 22.8 Å². The van der Waals surface area contributed by atoms with Crippen molar-refractivity contribution >= 4 is 5.78 Å². The molecule has 2 nitrogen and oxygen atoms in total. The molecule has 0 spiro atoms. The van der Waals surface area contributed by atoms with Gasteiger partial charge in [0.1, 0.15) is 0 Å². The van der Waals surface area contributed by atoms with Crippen molar-refractivity contribution < 1.29 is 9.90 Å². The van der Waals surface area contributed by atoms with Gasteiger partial charge in [0.05, 0.1) is 6.10 Å². The SMILES string of the molecule is CCC(C)/C=C1\C[C@@]2(C)C(=C(C)C1=O)CCC[C@@H]2O. The Bertz CT molecular complexity index is 444. The maximum absolute atomic E-state index is 12.5. The van der Waals surface area contributed by atoms with Crippen molar-refractivity contribution in [1.29, 1.82) is 0 Å². The lowest BCUT2D eigenvalue weighted by atomic mass is 9.61. The monoisotopic (exact) mass is 262 g/mol. The first-order valence-electron chi connectivity index (χ1n) is 7.53. The van der Waals surface area contributed by atoms with Gasteiger partial charge in [-0.2, -0.15) is 0 Å². The molecule has 0 aliphatic heterocycles. The summed E-state index contributed by atoms with van der Waals surface area (Å²) in [5, 5.41) is 10.4. The van der Waals surface area contributed by atoms with Crippen LogP contribution in [-0.4, -0.2) is 17.0 Å². The molecule has 0 radical (unpaired) electrons. The number of fused-ring (bicyclic) bond motifs is 1. The van der Waals surface area contributed by atoms with E-state index in [1.54, 1.807) is 0 Å². The van der Waals surface area contributed by atoms with Gasteiger partial charge in [0.15, 0.2) is 5.78 Å². The van der Waals surface area contributed by atoms with Crippen LogP contribution in [0.3, 0.4) is 0 Å². The van der Waals surface area contributed by atoms with Crippen molar-refractivity contribution in [1.82, 2.24) is 0 Å². The lowest BCUT2D eigenvalue weighted by Gasteiger charge is -2.45. The third-order valence-corrected chi connectivity index (χ3v) is 5.10. The van der Waals surface area contributed by atoms with E-state index in [4.69, 9.17) is 0 Å². The molecule has 0 saturated heterocycles. The Morgan fingerprint density at radius 1 is 1.53 bits per heavy atom. The van der Waals surface area contributed by atoms with E-state index in [2.05, 4.69) is 26.8 Å². The summed E-state index contributed by atoms with van der Waals surface area (Å²) in [6.07, 6.45) is 6.41. The van der Waals surface area contributed by atoms with Gasteiger partial charge in [-0.05, 0) is 49.7 Å². The fourth-order valence-electron chi connectivity index (χ4n) is 3.57. The zero-order chi connectivity index (χ0) is 14.2. The largest absolute Gasteiger partial charge is 0.392 e. The fraction of sp³-hybridized carbons (Fsp3) is 0.706. The second kappa shape index (κ2) is 5.24. The van der Waals surface area contributed by atoms with E-state index in [9.17, 15) is 9.90 Å². The summed E-state index contributed by atoms with van der Waals surface area (Å²) in [6.45, 7) is 8.36. The van der Waals surface area contributed by atoms with E-state index in [-0.39, 0.29) is 17.3 Å². The molecule has 0 aromatic rings. The van der Waals surface area contributed by atoms with Gasteiger partial charge in [0, 0.05) is 5.41 Å². The highest BCUT2D eigenvalue weighted by molar-refractivity contribution is 6.09. The predicted molar refractivity (Wildman–Crippen MR) is 77.8 cm³/mol. The molecule has 106 valence electrons. The molecule has 0 amide bonds. The number of hydrogen-bond acceptors (Lipinski definition) is 2. The quantitative estimate of drug-likeness (QED) is 0.769. The second-order valence-electron chi connectivity index (χ2n) is 6.51. The number of carbonyl (C=O) groups excluding carboxylic acids is 1. The number of hydrogen-bond donors (Lipinski definition) is 1. The van der Waals surface area contributed by atoms with Crippen molar-refractivity contribution in [2.75, 3.05) is 0 Å². The van der Waals surface area contributed by atoms with Crippen LogP contribution in [0.4, 0.5) is 0 Å². The standard InChI is InChI=1S/C17H26O2/c1-5-11(2)9-13-10-17(4)14(12(3)16(13)19)7-6-8-15(17)18/h9,11,15,18H,5-8,10H2,1-4H3/b13-9+/t11?,15-,17-/m0/s1. The Morgan fingerprint density at radius 3 is 2.84 bits per heavy atom. The highest BCUT2D eigenvalue weighted by Gasteiger charge is 2.45. The van der Waals surface area contributed by atoms with Crippen LogP contribution in [-0.2, 0) is 4.79 Å². The Hall–Kier alpha value is -0.890. The Labute approximate surface area is 116 Å². The Morgan fingerprint density at radius 2 is 2.21 bits per heavy atom. The zero-order valence-electron chi connectivity index (χ0n) is 12.6. The van der Waals surface area contributed by atoms with Crippen LogP contribution < -0.4 is 0 Å². The first-order chi connectivity index (χ1) is 8.90. The number of Topliss-reactive ketones (excluding diaryl/α,β-unsaturated/α-hetero) is 1. The van der Waals surface area contributed by atoms with Crippen LogP contribution in [0.1, 0.15) is 59.8 Å². The molecule has 1 N–H and O–H groups in total. The van der Waals surface area contributed by atoms with Crippen LogP contribution in [0, 0.1) is 11.3 Å². The molecule has 19 heavy (non-hydrogen) atoms. The minimum atomic E-state index is -0.306. The first-order valence-corrected chi connectivity index (χ1v) is 7.53. The van der Waals surface area contributed by atoms with E-state index in [0.717, 1.165) is 36.8 Å². The molecule has 0 aromatic heterocycles. The molecule has 0 heterocycles. The Balaban J connectivity index is 2.44. The van der Waals surface area contributed by atoms with Gasteiger partial charge in [-0.1, -0.05) is 38.8 Å². The smallest absolute Gasteiger partial charge is 0.184 e. The van der Waals surface area contributed by atoms with Crippen molar-refractivity contribution in [3.63, 3.8) is 0 Å². The van der Waals surface area contributed by atoms with E-state index in [1.807, 2.05) is 6.92 Å². The predicted octanol–water partition coefficient (Wildman–Crippen LogP) is 3.80. The second-order valence-corrected chi connectivity index (χ2v) is 6.51. The summed E-state index contributed by atoms with van der Waals surface area (Å²) in [4.78, 5) is 12.5. The van der Waals surface area contributed by atoms with Crippen LogP contribution in [0.2, 0.25) is 0 Å². The molecule has 2 rings (SSSR count). The highest BCUT2D eigenvalue weighted by Crippen LogP contribution is 2.50. The minimum Gasteiger partial charge on any atom is -0.392 e. The van der Waals surface area contributed by atoms with Gasteiger partial charge in [0.2, 0.25) is 0 Å². The van der Waals surface area contributed by atoms with Gasteiger partial charge < -0.3 is 5.11 Å². The normalized spacial score (nSPS) is 35.5. The van der Waals surface area contributed by atoms with Crippen LogP contribution in [0.25, 0.3) is 0 Å². The van der Waals surface area contributed by atoms with Crippen molar-refractivity contribution in [3.8, 4) is 0 Å². The van der Waals surface area contributed by atoms with E-state index < -0.39 is 0 Å². The van der Waals surface area contributed by atoms with Crippen LogP contribution >= 0.6 is 0 Å². The number of ketones is 1. The van der Waals surface area contributed by atoms with Gasteiger partial charge in [0.25, 0.3) is 0 Å². The average molecular weight is 262 g/mol. The highest BCUT2D eigenvalue weighted by atomic mass is 16.3. The average Bonchev–Trinajstić information content (AvgIpc) is 2.38. The minimum absolute atomic E-state index is 0.210. The summed E-state index contributed by atoms with van der Waals surface area (Å²) >= 11 is 0. The maximum Gasteiger partial charge on any atom is 0.184 e. The summed E-state index contributed by atoms with van der Waals surface area (Å²) in [5.41, 5.74) is 2.80. The molecule has 1 fully saturated rings. The molecular weight excluding hydrogens is 236 g/mol. The summed E-state index contributed by atoms with van der Waals surface area (Å²) in [5.74, 6) is 0.638. The number of carbonyl (C=O) groups is 1. The third-order valence-electron chi connectivity index (χ3n) is 5.10. The third kappa shape index (κ3) is 2.43. The summed E-state index contributed by atoms with van der Waals surface area (Å²) in [6, 6.07) is 0. The summed E-state index contributed by atoms with van der Waals surface area (Å²) < 4.78 is 0. The zero-order valence-corrected chi connectivity index (χ0v) is 12.6. The summed E-state index contributed by atoms with van der Waals surface area (Å²) in [7, 11) is 0. The Kier molecular flexibility index (Phi) is 4.00. The molecule has 0 aromatic carbocycles. The molecule has 1 unspecified atom stereocenters. The van der Waals surface area contributed by atoms with Crippen LogP contribution in [0.5, 0.6) is 0 Å². The maximum atomic E-state index is 12.5. The van der Waals surface area contributed by atoms with Gasteiger partial charge >= 0.3 is 0 Å². The van der Waals surface area contributed by atoms with E-state index >= 15 is 0 Å². The lowest BCUT2D eigenvalue weighted by molar-refractivity contribution is -0.113. The van der Waals surface area contributed by atoms with E-state index in [0.29, 0.717) is 12.3 Å². The molecule has 3 atom stereocenters. The number of aliphatic hydroxyl groups excluding tert-OH is 1. The van der Waals surface area contributed by atoms with Gasteiger partial charge in [-0.15, -0.1) is 0 Å².